The van der Waals surface area contributed by atoms with Gasteiger partial charge >= 0.3 is 17.9 Å². The predicted molar refractivity (Wildman–Crippen MR) is 109 cm³/mol. The number of ketones is 1. The normalized spacial score (nSPS) is 25.1. The fourth-order valence-corrected chi connectivity index (χ4v) is 3.79. The molecule has 4 N–H and O–H groups in total. The van der Waals surface area contributed by atoms with Crippen LogP contribution in [-0.2, 0) is 19.1 Å². The van der Waals surface area contributed by atoms with Crippen LogP contribution in [0, 0.1) is 18.2 Å². The molecule has 1 saturated heterocycles. The average Bonchev–Trinajstić information content (AvgIpc) is 2.97. The maximum absolute atomic E-state index is 13.8. The number of benzene rings is 1. The number of esters is 1. The van der Waals surface area contributed by atoms with E-state index < -0.39 is 58.7 Å². The second-order valence-corrected chi connectivity index (χ2v) is 7.92. The van der Waals surface area contributed by atoms with Crippen molar-refractivity contribution in [3.63, 3.8) is 0 Å². The Morgan fingerprint density at radius 1 is 1.27 bits per heavy atom. The Morgan fingerprint density at radius 2 is 2.00 bits per heavy atom. The number of aliphatic hydroxyl groups excluding tert-OH is 1. The van der Waals surface area contributed by atoms with Gasteiger partial charge in [-0.15, -0.1) is 0 Å². The van der Waals surface area contributed by atoms with E-state index in [1.807, 2.05) is 0 Å². The molecule has 0 aliphatic carbocycles. The van der Waals surface area contributed by atoms with E-state index in [1.54, 1.807) is 6.08 Å². The number of urea groups is 1. The van der Waals surface area contributed by atoms with Gasteiger partial charge in [0.25, 0.3) is 5.91 Å². The molecule has 1 aromatic carbocycles. The molecular weight excluding hydrogens is 437 g/mol. The molecule has 3 atom stereocenters. The SMILES string of the molecule is NC(=O)[N@@+]1(CC(=O)CC2CC(=O)OC2O)CC(CNC(=O)c2ccccc2F)=CC[C]C1=O. The number of nitrogens with two attached hydrogens (primary N) is 1. The lowest BCUT2D eigenvalue weighted by Crippen LogP contribution is -2.62. The van der Waals surface area contributed by atoms with Crippen molar-refractivity contribution < 1.29 is 42.7 Å². The lowest BCUT2D eigenvalue weighted by atomic mass is 9.99. The van der Waals surface area contributed by atoms with Gasteiger partial charge in [-0.05, 0) is 18.6 Å². The Labute approximate surface area is 188 Å². The number of halogens is 1. The highest BCUT2D eigenvalue weighted by Crippen LogP contribution is 2.26. The van der Waals surface area contributed by atoms with E-state index >= 15 is 0 Å². The number of carbonyl (C=O) groups excluding carboxylic acids is 5. The van der Waals surface area contributed by atoms with Gasteiger partial charge < -0.3 is 20.9 Å². The standard InChI is InChI=1S/C22H22FN3O7/c23-17-6-2-1-5-16(17)20(30)25-10-13-4-3-7-18(28)26(11-13,22(24)32)12-15(27)8-14-9-19(29)33-21(14)31/h1-2,4-6,14,21,31H,3,8-12H2,(H2-,24,25,30,32)/p+1/t14?,21?,26-/m1/s1. The summed E-state index contributed by atoms with van der Waals surface area (Å²) in [6.07, 6.45) is 2.19. The number of amides is 4. The molecule has 2 radical (unpaired) electrons. The Balaban J connectivity index is 1.72. The quantitative estimate of drug-likeness (QED) is 0.299. The second-order valence-electron chi connectivity index (χ2n) is 7.92. The van der Waals surface area contributed by atoms with E-state index in [0.717, 1.165) is 6.07 Å². The molecule has 174 valence electrons. The predicted octanol–water partition coefficient (Wildman–Crippen LogP) is 0.230. The van der Waals surface area contributed by atoms with Crippen LogP contribution in [0.15, 0.2) is 35.9 Å². The number of allylic oxidation sites excluding steroid dienone is 1. The number of ether oxygens (including phenoxy) is 1. The zero-order valence-corrected chi connectivity index (χ0v) is 17.6. The number of nitrogens with one attached hydrogen (secondary N) is 1. The summed E-state index contributed by atoms with van der Waals surface area (Å²) in [5.74, 6) is -4.22. The van der Waals surface area contributed by atoms with Crippen LogP contribution in [0.5, 0.6) is 0 Å². The van der Waals surface area contributed by atoms with Crippen molar-refractivity contribution in [3.8, 4) is 0 Å². The molecule has 3 rings (SSSR count). The van der Waals surface area contributed by atoms with Crippen molar-refractivity contribution in [3.05, 3.63) is 53.7 Å². The minimum Gasteiger partial charge on any atom is -0.436 e. The molecule has 0 bridgehead atoms. The summed E-state index contributed by atoms with van der Waals surface area (Å²) in [6, 6.07) is 4.31. The van der Waals surface area contributed by atoms with E-state index in [-0.39, 0.29) is 37.9 Å². The topological polar surface area (TPSA) is 153 Å². The fraction of sp³-hybridized carbons (Fsp3) is 0.364. The number of hydrogen-bond donors (Lipinski definition) is 3. The first-order chi connectivity index (χ1) is 15.6. The summed E-state index contributed by atoms with van der Waals surface area (Å²) in [7, 11) is 0. The first-order valence-corrected chi connectivity index (χ1v) is 10.2. The summed E-state index contributed by atoms with van der Waals surface area (Å²) in [5, 5.41) is 12.2. The molecular formula is C22H23FN3O7+. The Morgan fingerprint density at radius 3 is 2.64 bits per heavy atom. The highest BCUT2D eigenvalue weighted by atomic mass is 19.1. The summed E-state index contributed by atoms with van der Waals surface area (Å²) in [5.41, 5.74) is 5.78. The number of carbonyl (C=O) groups is 5. The monoisotopic (exact) mass is 460 g/mol. The van der Waals surface area contributed by atoms with Gasteiger partial charge in [0.1, 0.15) is 18.8 Å². The van der Waals surface area contributed by atoms with Crippen LogP contribution in [0.2, 0.25) is 0 Å². The number of Topliss-reactive ketones (excluding diaryl/α,β-unsaturated/α-hetero) is 1. The summed E-state index contributed by atoms with van der Waals surface area (Å²) in [6.45, 7) is -1.03. The largest absolute Gasteiger partial charge is 0.436 e. The molecule has 11 heteroatoms. The number of quaternary nitrogens is 1. The van der Waals surface area contributed by atoms with E-state index in [1.165, 1.54) is 18.2 Å². The van der Waals surface area contributed by atoms with Gasteiger partial charge in [0.15, 0.2) is 12.3 Å². The van der Waals surface area contributed by atoms with Crippen LogP contribution < -0.4 is 11.1 Å². The van der Waals surface area contributed by atoms with E-state index in [9.17, 15) is 33.5 Å². The van der Waals surface area contributed by atoms with Gasteiger partial charge in [-0.2, -0.15) is 4.48 Å². The van der Waals surface area contributed by atoms with Crippen molar-refractivity contribution in [2.75, 3.05) is 19.6 Å². The highest BCUT2D eigenvalue weighted by Gasteiger charge is 2.47. The van der Waals surface area contributed by atoms with E-state index in [4.69, 9.17) is 5.73 Å². The Hall–Kier alpha value is -3.44. The summed E-state index contributed by atoms with van der Waals surface area (Å²) < 4.78 is 17.4. The van der Waals surface area contributed by atoms with Crippen molar-refractivity contribution in [1.29, 1.82) is 0 Å². The van der Waals surface area contributed by atoms with Gasteiger partial charge in [-0.1, -0.05) is 18.2 Å². The maximum Gasteiger partial charge on any atom is 0.422 e. The van der Waals surface area contributed by atoms with Gasteiger partial charge in [-0.25, -0.2) is 14.0 Å². The number of primary amides is 1. The molecule has 2 heterocycles. The molecule has 0 spiro atoms. The molecule has 2 aliphatic heterocycles. The third kappa shape index (κ3) is 5.49. The first kappa shape index (κ1) is 24.2. The number of nitrogens with zero attached hydrogens (tertiary/aromatic N) is 1. The number of aliphatic hydroxyl groups is 1. The third-order valence-corrected chi connectivity index (χ3v) is 5.54. The molecule has 10 nitrogen and oxygen atoms in total. The van der Waals surface area contributed by atoms with Crippen LogP contribution >= 0.6 is 0 Å². The van der Waals surface area contributed by atoms with Crippen LogP contribution in [-0.4, -0.2) is 65.1 Å². The molecule has 1 fully saturated rings. The minimum atomic E-state index is -1.44. The van der Waals surface area contributed by atoms with E-state index in [0.29, 0.717) is 5.57 Å². The maximum atomic E-state index is 13.8. The van der Waals surface area contributed by atoms with Crippen molar-refractivity contribution in [1.82, 2.24) is 5.32 Å². The van der Waals surface area contributed by atoms with E-state index in [2.05, 4.69) is 16.5 Å². The third-order valence-electron chi connectivity index (χ3n) is 5.54. The lowest BCUT2D eigenvalue weighted by molar-refractivity contribution is -0.756. The van der Waals surface area contributed by atoms with Gasteiger partial charge in [0.2, 0.25) is 6.29 Å². The number of hydrogen-bond acceptors (Lipinski definition) is 7. The molecule has 1 aromatic rings. The number of imide groups is 1. The Bertz CT molecular complexity index is 1020. The molecule has 4 amide bonds. The van der Waals surface area contributed by atoms with Crippen LogP contribution in [0.25, 0.3) is 0 Å². The van der Waals surface area contributed by atoms with Crippen LogP contribution in [0.3, 0.4) is 0 Å². The van der Waals surface area contributed by atoms with Crippen LogP contribution in [0.4, 0.5) is 9.18 Å². The van der Waals surface area contributed by atoms with Crippen molar-refractivity contribution >= 4 is 29.6 Å². The number of rotatable bonds is 7. The van der Waals surface area contributed by atoms with Gasteiger partial charge in [0, 0.05) is 24.5 Å². The zero-order chi connectivity index (χ0) is 24.2. The van der Waals surface area contributed by atoms with Crippen molar-refractivity contribution in [2.24, 2.45) is 11.7 Å². The molecule has 33 heavy (non-hydrogen) atoms. The zero-order valence-electron chi connectivity index (χ0n) is 17.6. The lowest BCUT2D eigenvalue weighted by Gasteiger charge is -2.30. The summed E-state index contributed by atoms with van der Waals surface area (Å²) >= 11 is 0. The van der Waals surface area contributed by atoms with Gasteiger partial charge in [0.05, 0.1) is 12.0 Å². The highest BCUT2D eigenvalue weighted by molar-refractivity contribution is 5.95. The molecule has 2 unspecified atom stereocenters. The fourth-order valence-electron chi connectivity index (χ4n) is 3.79. The van der Waals surface area contributed by atoms with Gasteiger partial charge in [-0.3, -0.25) is 14.4 Å². The first-order valence-electron chi connectivity index (χ1n) is 10.2. The molecule has 2 aliphatic rings. The molecule has 0 saturated carbocycles. The minimum absolute atomic E-state index is 0.0227. The summed E-state index contributed by atoms with van der Waals surface area (Å²) in [4.78, 5) is 61.4. The van der Waals surface area contributed by atoms with Crippen molar-refractivity contribution in [2.45, 2.75) is 25.6 Å². The Kier molecular flexibility index (Phi) is 7.34. The molecule has 0 aromatic heterocycles. The average molecular weight is 460 g/mol. The number of cyclic esters (lactones) is 1. The van der Waals surface area contributed by atoms with Crippen LogP contribution in [0.1, 0.15) is 29.6 Å². The second kappa shape index (κ2) is 10.0. The smallest absolute Gasteiger partial charge is 0.422 e.